The molecule has 18 heavy (non-hydrogen) atoms. The molecule has 0 atom stereocenters. The van der Waals surface area contributed by atoms with Crippen LogP contribution in [0, 0.1) is 5.92 Å². The van der Waals surface area contributed by atoms with E-state index in [1.807, 2.05) is 10.9 Å². The third kappa shape index (κ3) is 5.29. The van der Waals surface area contributed by atoms with Gasteiger partial charge < -0.3 is 5.32 Å². The van der Waals surface area contributed by atoms with Crippen molar-refractivity contribution in [1.29, 1.82) is 0 Å². The van der Waals surface area contributed by atoms with Gasteiger partial charge in [0.05, 0.1) is 5.69 Å². The summed E-state index contributed by atoms with van der Waals surface area (Å²) in [5.74, 6) is 1.01. The Bertz CT molecular complexity index is 371. The maximum absolute atomic E-state index is 11.5. The van der Waals surface area contributed by atoms with Crippen LogP contribution in [0.4, 0.5) is 0 Å². The van der Waals surface area contributed by atoms with E-state index >= 15 is 0 Å². The van der Waals surface area contributed by atoms with Gasteiger partial charge in [0.15, 0.2) is 0 Å². The zero-order chi connectivity index (χ0) is 13.5. The second-order valence-electron chi connectivity index (χ2n) is 5.36. The summed E-state index contributed by atoms with van der Waals surface area (Å²) in [5, 5.41) is 11.0. The number of amides is 1. The normalized spacial score (nSPS) is 11.2. The van der Waals surface area contributed by atoms with E-state index in [4.69, 9.17) is 0 Å². The van der Waals surface area contributed by atoms with E-state index in [1.54, 1.807) is 0 Å². The van der Waals surface area contributed by atoms with E-state index in [0.717, 1.165) is 25.2 Å². The fraction of sp³-hybridized carbons (Fsp3) is 0.769. The summed E-state index contributed by atoms with van der Waals surface area (Å²) < 4.78 is 1.81. The van der Waals surface area contributed by atoms with Crippen molar-refractivity contribution in [3.05, 3.63) is 11.9 Å². The molecule has 0 bridgehead atoms. The Balaban J connectivity index is 2.22. The maximum atomic E-state index is 11.5. The van der Waals surface area contributed by atoms with Crippen LogP contribution in [0.2, 0.25) is 0 Å². The molecule has 0 aliphatic rings. The molecule has 1 aromatic rings. The predicted octanol–water partition coefficient (Wildman–Crippen LogP) is 1.95. The highest BCUT2D eigenvalue weighted by atomic mass is 16.1. The van der Waals surface area contributed by atoms with Crippen molar-refractivity contribution in [2.24, 2.45) is 5.92 Å². The topological polar surface area (TPSA) is 59.8 Å². The lowest BCUT2D eigenvalue weighted by Crippen LogP contribution is -2.27. The highest BCUT2D eigenvalue weighted by molar-refractivity contribution is 5.75. The van der Waals surface area contributed by atoms with Crippen molar-refractivity contribution in [2.45, 2.75) is 53.0 Å². The summed E-state index contributed by atoms with van der Waals surface area (Å²) in [4.78, 5) is 11.5. The number of rotatable bonds is 7. The SMILES string of the molecule is CC(C)CNC(=O)CCCn1cc(C(C)C)nn1. The Kier molecular flexibility index (Phi) is 5.82. The molecule has 5 heteroatoms. The van der Waals surface area contributed by atoms with Crippen LogP contribution in [0.25, 0.3) is 0 Å². The van der Waals surface area contributed by atoms with E-state index in [2.05, 4.69) is 43.3 Å². The van der Waals surface area contributed by atoms with Gasteiger partial charge in [-0.25, -0.2) is 0 Å². The summed E-state index contributed by atoms with van der Waals surface area (Å²) >= 11 is 0. The first-order valence-corrected chi connectivity index (χ1v) is 6.65. The van der Waals surface area contributed by atoms with Crippen LogP contribution in [0.15, 0.2) is 6.20 Å². The molecule has 0 saturated carbocycles. The van der Waals surface area contributed by atoms with Crippen LogP contribution in [0.3, 0.4) is 0 Å². The average molecular weight is 252 g/mol. The van der Waals surface area contributed by atoms with Gasteiger partial charge in [-0.1, -0.05) is 32.9 Å². The Hall–Kier alpha value is -1.39. The minimum Gasteiger partial charge on any atom is -0.356 e. The van der Waals surface area contributed by atoms with Crippen LogP contribution in [0.5, 0.6) is 0 Å². The standard InChI is InChI=1S/C13H24N4O/c1-10(2)8-14-13(18)6-5-7-17-9-12(11(3)4)15-16-17/h9-11H,5-8H2,1-4H3,(H,14,18). The summed E-state index contributed by atoms with van der Waals surface area (Å²) in [6.45, 7) is 9.85. The lowest BCUT2D eigenvalue weighted by Gasteiger charge is -2.07. The summed E-state index contributed by atoms with van der Waals surface area (Å²) in [7, 11) is 0. The van der Waals surface area contributed by atoms with Crippen molar-refractivity contribution in [1.82, 2.24) is 20.3 Å². The molecule has 1 N–H and O–H groups in total. The zero-order valence-electron chi connectivity index (χ0n) is 11.8. The van der Waals surface area contributed by atoms with Gasteiger partial charge in [0.25, 0.3) is 0 Å². The maximum Gasteiger partial charge on any atom is 0.220 e. The van der Waals surface area contributed by atoms with Crippen LogP contribution < -0.4 is 5.32 Å². The molecular weight excluding hydrogens is 228 g/mol. The van der Waals surface area contributed by atoms with Gasteiger partial charge in [0.2, 0.25) is 5.91 Å². The number of hydrogen-bond acceptors (Lipinski definition) is 3. The van der Waals surface area contributed by atoms with E-state index in [1.165, 1.54) is 0 Å². The summed E-state index contributed by atoms with van der Waals surface area (Å²) in [6.07, 6.45) is 3.30. The number of hydrogen-bond donors (Lipinski definition) is 1. The fourth-order valence-electron chi connectivity index (χ4n) is 1.50. The molecule has 0 aliphatic heterocycles. The molecule has 0 spiro atoms. The summed E-state index contributed by atoms with van der Waals surface area (Å²) in [6, 6.07) is 0. The highest BCUT2D eigenvalue weighted by Gasteiger charge is 2.06. The van der Waals surface area contributed by atoms with E-state index in [9.17, 15) is 4.79 Å². The van der Waals surface area contributed by atoms with Crippen molar-refractivity contribution < 1.29 is 4.79 Å². The van der Waals surface area contributed by atoms with E-state index in [0.29, 0.717) is 18.3 Å². The summed E-state index contributed by atoms with van der Waals surface area (Å²) in [5.41, 5.74) is 0.999. The van der Waals surface area contributed by atoms with Gasteiger partial charge in [0, 0.05) is 25.7 Å². The van der Waals surface area contributed by atoms with Crippen molar-refractivity contribution in [2.75, 3.05) is 6.54 Å². The van der Waals surface area contributed by atoms with Gasteiger partial charge in [-0.3, -0.25) is 9.48 Å². The molecule has 0 fully saturated rings. The Morgan fingerprint density at radius 1 is 1.39 bits per heavy atom. The minimum absolute atomic E-state index is 0.118. The molecule has 102 valence electrons. The second kappa shape index (κ2) is 7.13. The third-order valence-electron chi connectivity index (χ3n) is 2.65. The smallest absolute Gasteiger partial charge is 0.220 e. The second-order valence-corrected chi connectivity index (χ2v) is 5.36. The largest absolute Gasteiger partial charge is 0.356 e. The minimum atomic E-state index is 0.118. The number of nitrogens with zero attached hydrogens (tertiary/aromatic N) is 3. The van der Waals surface area contributed by atoms with E-state index in [-0.39, 0.29) is 5.91 Å². The third-order valence-corrected chi connectivity index (χ3v) is 2.65. The number of nitrogens with one attached hydrogen (secondary N) is 1. The van der Waals surface area contributed by atoms with Gasteiger partial charge in [-0.15, -0.1) is 5.10 Å². The molecule has 1 aromatic heterocycles. The molecule has 1 heterocycles. The zero-order valence-corrected chi connectivity index (χ0v) is 11.8. The van der Waals surface area contributed by atoms with Crippen LogP contribution >= 0.6 is 0 Å². The first-order valence-electron chi connectivity index (χ1n) is 6.65. The lowest BCUT2D eigenvalue weighted by atomic mass is 10.2. The molecule has 0 saturated heterocycles. The monoisotopic (exact) mass is 252 g/mol. The average Bonchev–Trinajstić information content (AvgIpc) is 2.75. The number of aromatic nitrogens is 3. The first-order chi connectivity index (χ1) is 8.49. The molecule has 1 rings (SSSR count). The van der Waals surface area contributed by atoms with Crippen molar-refractivity contribution in [3.63, 3.8) is 0 Å². The molecular formula is C13H24N4O. The van der Waals surface area contributed by atoms with Gasteiger partial charge in [0.1, 0.15) is 0 Å². The van der Waals surface area contributed by atoms with Gasteiger partial charge in [-0.2, -0.15) is 0 Å². The molecule has 0 radical (unpaired) electrons. The van der Waals surface area contributed by atoms with Gasteiger partial charge in [-0.05, 0) is 18.3 Å². The van der Waals surface area contributed by atoms with E-state index < -0.39 is 0 Å². The molecule has 0 aliphatic carbocycles. The number of carbonyl (C=O) groups is 1. The van der Waals surface area contributed by atoms with Crippen LogP contribution in [0.1, 0.15) is 52.1 Å². The van der Waals surface area contributed by atoms with Crippen molar-refractivity contribution >= 4 is 5.91 Å². The highest BCUT2D eigenvalue weighted by Crippen LogP contribution is 2.09. The molecule has 5 nitrogen and oxygen atoms in total. The Morgan fingerprint density at radius 3 is 2.67 bits per heavy atom. The quantitative estimate of drug-likeness (QED) is 0.807. The lowest BCUT2D eigenvalue weighted by molar-refractivity contribution is -0.121. The number of carbonyl (C=O) groups excluding carboxylic acids is 1. The predicted molar refractivity (Wildman–Crippen MR) is 71.2 cm³/mol. The van der Waals surface area contributed by atoms with Gasteiger partial charge >= 0.3 is 0 Å². The number of aryl methyl sites for hydroxylation is 1. The molecule has 0 unspecified atom stereocenters. The molecule has 0 aromatic carbocycles. The Morgan fingerprint density at radius 2 is 2.11 bits per heavy atom. The fourth-order valence-corrected chi connectivity index (χ4v) is 1.50. The van der Waals surface area contributed by atoms with Crippen molar-refractivity contribution in [3.8, 4) is 0 Å². The Labute approximate surface area is 109 Å². The van der Waals surface area contributed by atoms with Crippen LogP contribution in [-0.2, 0) is 11.3 Å². The van der Waals surface area contributed by atoms with Crippen LogP contribution in [-0.4, -0.2) is 27.4 Å². The molecule has 1 amide bonds. The first kappa shape index (κ1) is 14.7.